The van der Waals surface area contributed by atoms with Crippen LogP contribution in [-0.4, -0.2) is 17.6 Å². The van der Waals surface area contributed by atoms with E-state index in [9.17, 15) is 4.79 Å². The maximum atomic E-state index is 10.3. The molecule has 1 aromatic carbocycles. The summed E-state index contributed by atoms with van der Waals surface area (Å²) >= 11 is 0. The smallest absolute Gasteiger partial charge is 0.303 e. The number of carboxylic acids is 1. The zero-order valence-corrected chi connectivity index (χ0v) is 8.99. The van der Waals surface area contributed by atoms with E-state index < -0.39 is 5.97 Å². The van der Waals surface area contributed by atoms with Crippen LogP contribution in [0.1, 0.15) is 24.8 Å². The minimum absolute atomic E-state index is 0.259. The number of unbranched alkanes of at least 4 members (excludes halogenated alkanes) is 1. The van der Waals surface area contributed by atoms with Gasteiger partial charge in [-0.1, -0.05) is 12.1 Å². The van der Waals surface area contributed by atoms with Crippen molar-refractivity contribution >= 4 is 11.7 Å². The molecule has 0 aliphatic carbocycles. The molecule has 3 nitrogen and oxygen atoms in total. The molecule has 0 radical (unpaired) electrons. The molecule has 0 aromatic heterocycles. The Morgan fingerprint density at radius 2 is 2.20 bits per heavy atom. The van der Waals surface area contributed by atoms with Gasteiger partial charge in [0.25, 0.3) is 0 Å². The highest BCUT2D eigenvalue weighted by Crippen LogP contribution is 2.09. The second-order valence-corrected chi connectivity index (χ2v) is 3.65. The summed E-state index contributed by atoms with van der Waals surface area (Å²) < 4.78 is 0. The van der Waals surface area contributed by atoms with Gasteiger partial charge in [-0.2, -0.15) is 0 Å². The van der Waals surface area contributed by atoms with Crippen molar-refractivity contribution in [1.29, 1.82) is 0 Å². The van der Waals surface area contributed by atoms with Crippen molar-refractivity contribution in [3.63, 3.8) is 0 Å². The van der Waals surface area contributed by atoms with E-state index >= 15 is 0 Å². The van der Waals surface area contributed by atoms with Crippen LogP contribution in [0.25, 0.3) is 0 Å². The second kappa shape index (κ2) is 6.06. The SMILES string of the molecule is Cc1cccc(NCCCCC(=O)O)c1. The average molecular weight is 207 g/mol. The van der Waals surface area contributed by atoms with Crippen molar-refractivity contribution in [3.05, 3.63) is 29.8 Å². The molecule has 82 valence electrons. The number of rotatable bonds is 6. The van der Waals surface area contributed by atoms with Crippen molar-refractivity contribution < 1.29 is 9.90 Å². The Morgan fingerprint density at radius 1 is 1.40 bits per heavy atom. The van der Waals surface area contributed by atoms with Gasteiger partial charge in [-0.25, -0.2) is 0 Å². The Morgan fingerprint density at radius 3 is 2.87 bits per heavy atom. The van der Waals surface area contributed by atoms with Crippen LogP contribution in [-0.2, 0) is 4.79 Å². The van der Waals surface area contributed by atoms with E-state index in [-0.39, 0.29) is 6.42 Å². The van der Waals surface area contributed by atoms with Crippen LogP contribution >= 0.6 is 0 Å². The van der Waals surface area contributed by atoms with E-state index in [1.54, 1.807) is 0 Å². The summed E-state index contributed by atoms with van der Waals surface area (Å²) in [7, 11) is 0. The van der Waals surface area contributed by atoms with Gasteiger partial charge in [0.15, 0.2) is 0 Å². The van der Waals surface area contributed by atoms with Crippen LogP contribution in [0.3, 0.4) is 0 Å². The molecule has 0 saturated carbocycles. The lowest BCUT2D eigenvalue weighted by atomic mass is 10.2. The summed E-state index contributed by atoms with van der Waals surface area (Å²) in [5.74, 6) is -0.717. The van der Waals surface area contributed by atoms with Crippen molar-refractivity contribution in [3.8, 4) is 0 Å². The number of hydrogen-bond acceptors (Lipinski definition) is 2. The highest BCUT2D eigenvalue weighted by atomic mass is 16.4. The number of aryl methyl sites for hydroxylation is 1. The second-order valence-electron chi connectivity index (χ2n) is 3.65. The van der Waals surface area contributed by atoms with Gasteiger partial charge in [0.2, 0.25) is 0 Å². The van der Waals surface area contributed by atoms with Crippen LogP contribution in [0.5, 0.6) is 0 Å². The molecule has 0 aliphatic rings. The van der Waals surface area contributed by atoms with Gasteiger partial charge in [0.05, 0.1) is 0 Å². The third-order valence-electron chi connectivity index (χ3n) is 2.16. The maximum Gasteiger partial charge on any atom is 0.303 e. The first kappa shape index (κ1) is 11.6. The highest BCUT2D eigenvalue weighted by molar-refractivity contribution is 5.66. The molecule has 0 unspecified atom stereocenters. The summed E-state index contributed by atoms with van der Waals surface area (Å²) in [4.78, 5) is 10.3. The van der Waals surface area contributed by atoms with Gasteiger partial charge in [-0.15, -0.1) is 0 Å². The fourth-order valence-electron chi connectivity index (χ4n) is 1.39. The van der Waals surface area contributed by atoms with Crippen LogP contribution in [0, 0.1) is 6.92 Å². The van der Waals surface area contributed by atoms with E-state index in [2.05, 4.69) is 24.4 Å². The van der Waals surface area contributed by atoms with Crippen molar-refractivity contribution in [2.75, 3.05) is 11.9 Å². The topological polar surface area (TPSA) is 49.3 Å². The monoisotopic (exact) mass is 207 g/mol. The first-order chi connectivity index (χ1) is 7.18. The Bertz CT molecular complexity index is 323. The molecule has 1 aromatic rings. The van der Waals surface area contributed by atoms with Crippen LogP contribution < -0.4 is 5.32 Å². The van der Waals surface area contributed by atoms with Gasteiger partial charge in [0, 0.05) is 18.7 Å². The maximum absolute atomic E-state index is 10.3. The van der Waals surface area contributed by atoms with Gasteiger partial charge >= 0.3 is 5.97 Å². The van der Waals surface area contributed by atoms with Crippen molar-refractivity contribution in [2.24, 2.45) is 0 Å². The average Bonchev–Trinajstić information content (AvgIpc) is 2.17. The molecule has 15 heavy (non-hydrogen) atoms. The van der Waals surface area contributed by atoms with Crippen LogP contribution in [0.2, 0.25) is 0 Å². The summed E-state index contributed by atoms with van der Waals surface area (Å²) in [6.07, 6.45) is 1.88. The molecule has 1 rings (SSSR count). The first-order valence-corrected chi connectivity index (χ1v) is 5.21. The standard InChI is InChI=1S/C12H17NO2/c1-10-5-4-6-11(9-10)13-8-3-2-7-12(14)15/h4-6,9,13H,2-3,7-8H2,1H3,(H,14,15). The zero-order chi connectivity index (χ0) is 11.1. The lowest BCUT2D eigenvalue weighted by Gasteiger charge is -2.06. The Balaban J connectivity index is 2.17. The number of benzene rings is 1. The fourth-order valence-corrected chi connectivity index (χ4v) is 1.39. The molecular formula is C12H17NO2. The molecule has 0 aliphatic heterocycles. The van der Waals surface area contributed by atoms with Crippen LogP contribution in [0.15, 0.2) is 24.3 Å². The quantitative estimate of drug-likeness (QED) is 0.705. The Hall–Kier alpha value is -1.51. The summed E-state index contributed by atoms with van der Waals surface area (Å²) in [6, 6.07) is 8.16. The predicted octanol–water partition coefficient (Wildman–Crippen LogP) is 2.66. The van der Waals surface area contributed by atoms with E-state index in [1.165, 1.54) is 5.56 Å². The molecule has 2 N–H and O–H groups in total. The van der Waals surface area contributed by atoms with E-state index in [1.807, 2.05) is 12.1 Å². The third-order valence-corrected chi connectivity index (χ3v) is 2.16. The number of carbonyl (C=O) groups is 1. The molecule has 0 amide bonds. The number of nitrogens with one attached hydrogen (secondary N) is 1. The molecule has 0 saturated heterocycles. The molecule has 0 heterocycles. The lowest BCUT2D eigenvalue weighted by molar-refractivity contribution is -0.137. The van der Waals surface area contributed by atoms with Gasteiger partial charge in [0.1, 0.15) is 0 Å². The zero-order valence-electron chi connectivity index (χ0n) is 8.99. The lowest BCUT2D eigenvalue weighted by Crippen LogP contribution is -2.03. The van der Waals surface area contributed by atoms with Crippen molar-refractivity contribution in [1.82, 2.24) is 0 Å². The molecule has 0 fully saturated rings. The highest BCUT2D eigenvalue weighted by Gasteiger charge is 1.96. The largest absolute Gasteiger partial charge is 0.481 e. The molecule has 0 atom stereocenters. The van der Waals surface area contributed by atoms with Gasteiger partial charge in [-0.3, -0.25) is 4.79 Å². The summed E-state index contributed by atoms with van der Waals surface area (Å²) in [5.41, 5.74) is 2.33. The minimum Gasteiger partial charge on any atom is -0.481 e. The molecular weight excluding hydrogens is 190 g/mol. The minimum atomic E-state index is -0.717. The summed E-state index contributed by atoms with van der Waals surface area (Å²) in [6.45, 7) is 2.88. The molecule has 0 spiro atoms. The third kappa shape index (κ3) is 5.05. The molecule has 0 bridgehead atoms. The predicted molar refractivity (Wildman–Crippen MR) is 61.2 cm³/mol. The number of aliphatic carboxylic acids is 1. The van der Waals surface area contributed by atoms with E-state index in [0.717, 1.165) is 25.1 Å². The molecule has 3 heteroatoms. The van der Waals surface area contributed by atoms with Crippen molar-refractivity contribution in [2.45, 2.75) is 26.2 Å². The summed E-state index contributed by atoms with van der Waals surface area (Å²) in [5, 5.41) is 11.7. The first-order valence-electron chi connectivity index (χ1n) is 5.21. The number of hydrogen-bond donors (Lipinski definition) is 2. The fraction of sp³-hybridized carbons (Fsp3) is 0.417. The number of carboxylic acid groups (broad SMARTS) is 1. The Kier molecular flexibility index (Phi) is 4.68. The van der Waals surface area contributed by atoms with Gasteiger partial charge < -0.3 is 10.4 Å². The van der Waals surface area contributed by atoms with Crippen LogP contribution in [0.4, 0.5) is 5.69 Å². The normalized spacial score (nSPS) is 9.93. The van der Waals surface area contributed by atoms with E-state index in [4.69, 9.17) is 5.11 Å². The Labute approximate surface area is 90.1 Å². The van der Waals surface area contributed by atoms with E-state index in [0.29, 0.717) is 0 Å². The number of anilines is 1. The van der Waals surface area contributed by atoms with Gasteiger partial charge in [-0.05, 0) is 37.5 Å².